The summed E-state index contributed by atoms with van der Waals surface area (Å²) < 4.78 is 11.0. The summed E-state index contributed by atoms with van der Waals surface area (Å²) in [6.45, 7) is 10.1. The topological polar surface area (TPSA) is 67.8 Å². The molecule has 0 unspecified atom stereocenters. The number of hydrogen-bond donors (Lipinski definition) is 0. The van der Waals surface area contributed by atoms with E-state index >= 15 is 0 Å². The number of amides is 1. The Hall–Kier alpha value is -2.83. The van der Waals surface area contributed by atoms with Crippen LogP contribution in [0.2, 0.25) is 0 Å². The van der Waals surface area contributed by atoms with Gasteiger partial charge in [-0.2, -0.15) is 0 Å². The molecule has 2 heterocycles. The van der Waals surface area contributed by atoms with E-state index in [0.29, 0.717) is 18.2 Å². The Morgan fingerprint density at radius 2 is 1.79 bits per heavy atom. The van der Waals surface area contributed by atoms with E-state index in [2.05, 4.69) is 21.8 Å². The van der Waals surface area contributed by atoms with E-state index in [9.17, 15) is 4.79 Å². The molecule has 1 aromatic heterocycles. The van der Waals surface area contributed by atoms with Gasteiger partial charge < -0.3 is 19.3 Å². The number of nitrogens with zero attached hydrogens (tertiary/aromatic N) is 4. The van der Waals surface area contributed by atoms with E-state index in [4.69, 9.17) is 9.47 Å². The second-order valence-corrected chi connectivity index (χ2v) is 8.04. The summed E-state index contributed by atoms with van der Waals surface area (Å²) in [5.41, 5.74) is -0.370. The fourth-order valence-corrected chi connectivity index (χ4v) is 3.22. The van der Waals surface area contributed by atoms with Gasteiger partial charge in [-0.3, -0.25) is 4.79 Å². The van der Waals surface area contributed by atoms with Gasteiger partial charge >= 0.3 is 0 Å². The zero-order chi connectivity index (χ0) is 20.3. The average Bonchev–Trinajstić information content (AvgIpc) is 2.67. The van der Waals surface area contributed by atoms with Crippen LogP contribution in [0.15, 0.2) is 36.7 Å². The highest BCUT2D eigenvalue weighted by Crippen LogP contribution is 2.27. The van der Waals surface area contributed by atoms with Crippen molar-refractivity contribution in [1.82, 2.24) is 14.9 Å². The summed E-state index contributed by atoms with van der Waals surface area (Å²) in [7, 11) is 1.63. The number of rotatable bonds is 4. The lowest BCUT2D eigenvalue weighted by Crippen LogP contribution is -2.56. The fourth-order valence-electron chi connectivity index (χ4n) is 3.22. The van der Waals surface area contributed by atoms with Gasteiger partial charge in [-0.15, -0.1) is 0 Å². The number of carbonyl (C=O) groups excluding carboxylic acids is 1. The second kappa shape index (κ2) is 8.04. The van der Waals surface area contributed by atoms with Crippen molar-refractivity contribution in [2.24, 2.45) is 5.41 Å². The predicted molar refractivity (Wildman–Crippen MR) is 108 cm³/mol. The first-order valence-electron chi connectivity index (χ1n) is 9.48. The molecule has 1 aliphatic rings. The molecule has 0 N–H and O–H groups in total. The third kappa shape index (κ3) is 4.52. The molecule has 0 bridgehead atoms. The number of aromatic nitrogens is 2. The Labute approximate surface area is 166 Å². The van der Waals surface area contributed by atoms with E-state index in [1.54, 1.807) is 7.11 Å². The number of carbonyl (C=O) groups is 1. The molecular formula is C21H28N4O3. The van der Waals surface area contributed by atoms with Crippen LogP contribution in [0, 0.1) is 5.41 Å². The lowest BCUT2D eigenvalue weighted by molar-refractivity contribution is -0.142. The van der Waals surface area contributed by atoms with Crippen LogP contribution in [0.3, 0.4) is 0 Å². The molecule has 0 saturated carbocycles. The molecule has 7 heteroatoms. The lowest BCUT2D eigenvalue weighted by atomic mass is 9.93. The third-order valence-electron chi connectivity index (χ3n) is 4.76. The molecule has 0 radical (unpaired) electrons. The average molecular weight is 384 g/mol. The van der Waals surface area contributed by atoms with Crippen LogP contribution in [0.4, 0.5) is 5.82 Å². The van der Waals surface area contributed by atoms with Crippen molar-refractivity contribution in [1.29, 1.82) is 0 Å². The molecule has 0 spiro atoms. The highest BCUT2D eigenvalue weighted by atomic mass is 16.5. The molecule has 2 aromatic rings. The van der Waals surface area contributed by atoms with Gasteiger partial charge in [0.2, 0.25) is 11.8 Å². The van der Waals surface area contributed by atoms with Crippen molar-refractivity contribution in [3.05, 3.63) is 36.7 Å². The Morgan fingerprint density at radius 1 is 1.11 bits per heavy atom. The number of hydrogen-bond acceptors (Lipinski definition) is 6. The second-order valence-electron chi connectivity index (χ2n) is 8.04. The summed E-state index contributed by atoms with van der Waals surface area (Å²) >= 11 is 0. The zero-order valence-corrected chi connectivity index (χ0v) is 17.2. The lowest BCUT2D eigenvalue weighted by Gasteiger charge is -2.42. The van der Waals surface area contributed by atoms with Gasteiger partial charge in [-0.25, -0.2) is 9.97 Å². The maximum absolute atomic E-state index is 12.6. The highest BCUT2D eigenvalue weighted by Gasteiger charge is 2.34. The van der Waals surface area contributed by atoms with Crippen molar-refractivity contribution in [3.63, 3.8) is 0 Å². The van der Waals surface area contributed by atoms with Crippen LogP contribution in [0.1, 0.15) is 27.7 Å². The summed E-state index contributed by atoms with van der Waals surface area (Å²) in [4.78, 5) is 25.4. The van der Waals surface area contributed by atoms with E-state index in [1.807, 2.05) is 56.0 Å². The van der Waals surface area contributed by atoms with Gasteiger partial charge in [0.25, 0.3) is 0 Å². The van der Waals surface area contributed by atoms with Crippen LogP contribution in [-0.4, -0.2) is 53.6 Å². The van der Waals surface area contributed by atoms with Crippen LogP contribution in [-0.2, 0) is 4.79 Å². The van der Waals surface area contributed by atoms with Gasteiger partial charge in [0, 0.05) is 37.2 Å². The van der Waals surface area contributed by atoms with E-state index in [-0.39, 0.29) is 17.4 Å². The third-order valence-corrected chi connectivity index (χ3v) is 4.76. The molecule has 7 nitrogen and oxygen atoms in total. The Kier molecular flexibility index (Phi) is 5.72. The molecule has 1 atom stereocenters. The molecule has 1 amide bonds. The summed E-state index contributed by atoms with van der Waals surface area (Å²) in [6, 6.07) is 9.29. The van der Waals surface area contributed by atoms with Crippen molar-refractivity contribution in [2.45, 2.75) is 33.7 Å². The van der Waals surface area contributed by atoms with Crippen LogP contribution >= 0.6 is 0 Å². The van der Waals surface area contributed by atoms with Gasteiger partial charge in [-0.1, -0.05) is 20.8 Å². The number of anilines is 1. The standard InChI is InChI=1S/C21H28N4O3/c1-15-13-24(10-11-25(15)20(26)21(2,3)4)18-12-19(23-14-22-18)28-17-8-6-16(27-5)7-9-17/h6-9,12,14-15H,10-11,13H2,1-5H3/t15-/m1/s1. The summed E-state index contributed by atoms with van der Waals surface area (Å²) in [5.74, 6) is 2.92. The minimum Gasteiger partial charge on any atom is -0.497 e. The minimum atomic E-state index is -0.370. The molecule has 3 rings (SSSR count). The highest BCUT2D eigenvalue weighted by molar-refractivity contribution is 5.82. The molecule has 1 aromatic carbocycles. The normalized spacial score (nSPS) is 17.4. The van der Waals surface area contributed by atoms with Gasteiger partial charge in [0.1, 0.15) is 23.6 Å². The molecule has 1 saturated heterocycles. The predicted octanol–water partition coefficient (Wildman–Crippen LogP) is 3.36. The zero-order valence-electron chi connectivity index (χ0n) is 17.2. The first kappa shape index (κ1) is 19.9. The quantitative estimate of drug-likeness (QED) is 0.805. The number of ether oxygens (including phenoxy) is 2. The molecular weight excluding hydrogens is 356 g/mol. The Bertz CT molecular complexity index is 817. The molecule has 28 heavy (non-hydrogen) atoms. The van der Waals surface area contributed by atoms with Crippen LogP contribution in [0.5, 0.6) is 17.4 Å². The number of piperazine rings is 1. The maximum Gasteiger partial charge on any atom is 0.228 e. The molecule has 1 aliphatic heterocycles. The van der Waals surface area contributed by atoms with E-state index in [1.165, 1.54) is 6.33 Å². The van der Waals surface area contributed by atoms with Crippen LogP contribution < -0.4 is 14.4 Å². The first-order chi connectivity index (χ1) is 13.3. The molecule has 150 valence electrons. The number of benzene rings is 1. The van der Waals surface area contributed by atoms with Crippen molar-refractivity contribution < 1.29 is 14.3 Å². The maximum atomic E-state index is 12.6. The van der Waals surface area contributed by atoms with E-state index in [0.717, 1.165) is 24.7 Å². The minimum absolute atomic E-state index is 0.112. The monoisotopic (exact) mass is 384 g/mol. The van der Waals surface area contributed by atoms with E-state index < -0.39 is 0 Å². The number of methoxy groups -OCH3 is 1. The van der Waals surface area contributed by atoms with Crippen molar-refractivity contribution in [3.8, 4) is 17.4 Å². The molecule has 0 aliphatic carbocycles. The van der Waals surface area contributed by atoms with Crippen LogP contribution in [0.25, 0.3) is 0 Å². The largest absolute Gasteiger partial charge is 0.497 e. The smallest absolute Gasteiger partial charge is 0.228 e. The Morgan fingerprint density at radius 3 is 2.39 bits per heavy atom. The van der Waals surface area contributed by atoms with Gasteiger partial charge in [0.05, 0.1) is 7.11 Å². The van der Waals surface area contributed by atoms with Gasteiger partial charge in [0.15, 0.2) is 0 Å². The SMILES string of the molecule is COc1ccc(Oc2cc(N3CCN(C(=O)C(C)(C)C)[C@H](C)C3)ncn2)cc1. The molecule has 1 fully saturated rings. The Balaban J connectivity index is 1.68. The van der Waals surface area contributed by atoms with Gasteiger partial charge in [-0.05, 0) is 31.2 Å². The van der Waals surface area contributed by atoms with Crippen molar-refractivity contribution in [2.75, 3.05) is 31.6 Å². The first-order valence-corrected chi connectivity index (χ1v) is 9.48. The van der Waals surface area contributed by atoms with Crippen molar-refractivity contribution >= 4 is 11.7 Å². The summed E-state index contributed by atoms with van der Waals surface area (Å²) in [6.07, 6.45) is 1.51. The summed E-state index contributed by atoms with van der Waals surface area (Å²) in [5, 5.41) is 0. The fraction of sp³-hybridized carbons (Fsp3) is 0.476.